The maximum atomic E-state index is 13.6. The second-order valence-electron chi connectivity index (χ2n) is 10.1. The Hall–Kier alpha value is -5.95. The predicted octanol–water partition coefficient (Wildman–Crippen LogP) is 7.91. The maximum absolute atomic E-state index is 13.6. The van der Waals surface area contributed by atoms with Crippen molar-refractivity contribution in [3.63, 3.8) is 0 Å². The summed E-state index contributed by atoms with van der Waals surface area (Å²) in [5.74, 6) is 0.468. The van der Waals surface area contributed by atoms with Gasteiger partial charge in [0.2, 0.25) is 0 Å². The third kappa shape index (κ3) is 3.79. The van der Waals surface area contributed by atoms with E-state index in [1.54, 1.807) is 4.68 Å². The highest BCUT2D eigenvalue weighted by molar-refractivity contribution is 6.13. The molecule has 0 fully saturated rings. The van der Waals surface area contributed by atoms with E-state index >= 15 is 0 Å². The molecule has 0 bridgehead atoms. The fourth-order valence-electron chi connectivity index (χ4n) is 5.72. The van der Waals surface area contributed by atoms with E-state index in [1.165, 1.54) is 0 Å². The number of aromatic nitrogens is 4. The van der Waals surface area contributed by atoms with Crippen molar-refractivity contribution in [2.45, 2.75) is 0 Å². The van der Waals surface area contributed by atoms with Gasteiger partial charge in [0.05, 0.1) is 16.9 Å². The van der Waals surface area contributed by atoms with E-state index in [0.29, 0.717) is 22.6 Å². The van der Waals surface area contributed by atoms with Crippen LogP contribution >= 0.6 is 0 Å². The summed E-state index contributed by atoms with van der Waals surface area (Å²) in [4.78, 5) is 15.8. The lowest BCUT2D eigenvalue weighted by Gasteiger charge is -2.25. The van der Waals surface area contributed by atoms with Crippen molar-refractivity contribution in [1.29, 1.82) is 0 Å². The monoisotopic (exact) mass is 544 g/mol. The molecular formula is C35H24N6O. The summed E-state index contributed by atoms with van der Waals surface area (Å²) in [5, 5.41) is 12.0. The lowest BCUT2D eigenvalue weighted by Crippen LogP contribution is -2.12. The fraction of sp³-hybridized carbons (Fsp3) is 0. The van der Waals surface area contributed by atoms with Crippen LogP contribution < -0.4 is 10.2 Å². The number of nitrogens with one attached hydrogen (secondary N) is 1. The molecule has 0 aliphatic carbocycles. The molecular weight excluding hydrogens is 520 g/mol. The van der Waals surface area contributed by atoms with Gasteiger partial charge in [-0.1, -0.05) is 78.0 Å². The van der Waals surface area contributed by atoms with E-state index in [2.05, 4.69) is 73.6 Å². The zero-order valence-electron chi connectivity index (χ0n) is 22.4. The van der Waals surface area contributed by atoms with E-state index in [1.807, 2.05) is 91.0 Å². The highest BCUT2D eigenvalue weighted by Gasteiger charge is 2.29. The molecule has 0 unspecified atom stereocenters. The molecule has 1 aliphatic rings. The Morgan fingerprint density at radius 1 is 0.643 bits per heavy atom. The minimum atomic E-state index is -0.185. The van der Waals surface area contributed by atoms with Crippen LogP contribution in [-0.2, 0) is 0 Å². The number of carbonyl (C=O) groups excluding carboxylic acids is 1. The standard InChI is InChI=1S/C35H24N6O/c42-34-29-23-32(24-19-21-28(22-20-24)39(25-11-4-1-5-12-25)26-13-6-2-7-14-26)40(27-15-8-3-9-16-27)35(29)41-33-30(36-34)17-10-18-31(33)37-38-41/h1-23H,(H,36,42). The Morgan fingerprint density at radius 3 is 1.93 bits per heavy atom. The van der Waals surface area contributed by atoms with Crippen LogP contribution in [0.25, 0.3) is 33.8 Å². The number of rotatable bonds is 5. The minimum Gasteiger partial charge on any atom is -0.320 e. The first-order valence-electron chi connectivity index (χ1n) is 13.7. The van der Waals surface area contributed by atoms with Crippen LogP contribution in [0.2, 0.25) is 0 Å². The van der Waals surface area contributed by atoms with Crippen LogP contribution in [0, 0.1) is 0 Å². The van der Waals surface area contributed by atoms with Crippen molar-refractivity contribution in [3.05, 3.63) is 145 Å². The Balaban J connectivity index is 1.32. The molecule has 8 rings (SSSR count). The molecule has 200 valence electrons. The van der Waals surface area contributed by atoms with Gasteiger partial charge in [0.15, 0.2) is 5.82 Å². The van der Waals surface area contributed by atoms with Gasteiger partial charge in [-0.25, -0.2) is 0 Å². The summed E-state index contributed by atoms with van der Waals surface area (Å²) in [6.45, 7) is 0. The van der Waals surface area contributed by atoms with Crippen molar-refractivity contribution in [1.82, 2.24) is 19.6 Å². The summed E-state index contributed by atoms with van der Waals surface area (Å²) in [6.07, 6.45) is 0. The summed E-state index contributed by atoms with van der Waals surface area (Å²) in [5.41, 5.74) is 8.63. The molecule has 7 heteroatoms. The summed E-state index contributed by atoms with van der Waals surface area (Å²) >= 11 is 0. The number of amides is 1. The molecule has 7 aromatic rings. The van der Waals surface area contributed by atoms with Crippen molar-refractivity contribution in [2.24, 2.45) is 0 Å². The van der Waals surface area contributed by atoms with Crippen molar-refractivity contribution in [2.75, 3.05) is 10.2 Å². The molecule has 1 N–H and O–H groups in total. The number of hydrogen-bond donors (Lipinski definition) is 1. The highest BCUT2D eigenvalue weighted by Crippen LogP contribution is 2.39. The first-order chi connectivity index (χ1) is 20.8. The van der Waals surface area contributed by atoms with Crippen LogP contribution in [0.5, 0.6) is 0 Å². The lowest BCUT2D eigenvalue weighted by molar-refractivity contribution is 0.102. The predicted molar refractivity (Wildman–Crippen MR) is 166 cm³/mol. The summed E-state index contributed by atoms with van der Waals surface area (Å²) < 4.78 is 3.86. The quantitative estimate of drug-likeness (QED) is 0.239. The number of carbonyl (C=O) groups is 1. The van der Waals surface area contributed by atoms with E-state index in [4.69, 9.17) is 0 Å². The van der Waals surface area contributed by atoms with Crippen LogP contribution in [0.3, 0.4) is 0 Å². The van der Waals surface area contributed by atoms with Gasteiger partial charge in [0.25, 0.3) is 5.91 Å². The Kier molecular flexibility index (Phi) is 5.46. The molecule has 0 spiro atoms. The first kappa shape index (κ1) is 23.9. The van der Waals surface area contributed by atoms with Gasteiger partial charge in [-0.05, 0) is 72.3 Å². The Labute approximate surface area is 241 Å². The number of anilines is 4. The average molecular weight is 545 g/mol. The van der Waals surface area contributed by atoms with Gasteiger partial charge in [-0.2, -0.15) is 4.68 Å². The molecule has 0 atom stereocenters. The van der Waals surface area contributed by atoms with Gasteiger partial charge in [0.1, 0.15) is 11.0 Å². The Bertz CT molecular complexity index is 2020. The number of nitrogens with zero attached hydrogens (tertiary/aromatic N) is 5. The zero-order valence-corrected chi connectivity index (χ0v) is 22.4. The maximum Gasteiger partial charge on any atom is 0.259 e. The van der Waals surface area contributed by atoms with E-state index in [9.17, 15) is 4.79 Å². The summed E-state index contributed by atoms with van der Waals surface area (Å²) in [6, 6.07) is 46.7. The van der Waals surface area contributed by atoms with Crippen LogP contribution in [-0.4, -0.2) is 25.5 Å². The van der Waals surface area contributed by atoms with Gasteiger partial charge in [-0.3, -0.25) is 9.36 Å². The highest BCUT2D eigenvalue weighted by atomic mass is 16.1. The van der Waals surface area contributed by atoms with E-state index in [0.717, 1.165) is 39.5 Å². The number of fused-ring (bicyclic) bond motifs is 2. The lowest BCUT2D eigenvalue weighted by atomic mass is 10.1. The second-order valence-corrected chi connectivity index (χ2v) is 10.1. The normalized spacial score (nSPS) is 12.0. The van der Waals surface area contributed by atoms with Crippen LogP contribution in [0.15, 0.2) is 140 Å². The molecule has 42 heavy (non-hydrogen) atoms. The number of para-hydroxylation sites is 4. The first-order valence-corrected chi connectivity index (χ1v) is 13.7. The molecule has 5 aromatic carbocycles. The van der Waals surface area contributed by atoms with Gasteiger partial charge in [-0.15, -0.1) is 5.10 Å². The molecule has 0 radical (unpaired) electrons. The minimum absolute atomic E-state index is 0.185. The second kappa shape index (κ2) is 9.60. The SMILES string of the molecule is O=C1Nc2cccc3nnn(c23)-c2c1cc(-c1ccc(N(c3ccccc3)c3ccccc3)cc1)n2-c1ccccc1. The third-order valence-corrected chi connectivity index (χ3v) is 7.60. The van der Waals surface area contributed by atoms with Crippen molar-refractivity contribution in [3.8, 4) is 22.8 Å². The van der Waals surface area contributed by atoms with E-state index in [-0.39, 0.29) is 5.91 Å². The van der Waals surface area contributed by atoms with Gasteiger partial charge >= 0.3 is 0 Å². The fourth-order valence-corrected chi connectivity index (χ4v) is 5.72. The van der Waals surface area contributed by atoms with Crippen LogP contribution in [0.1, 0.15) is 10.4 Å². The molecule has 1 aliphatic heterocycles. The molecule has 7 nitrogen and oxygen atoms in total. The average Bonchev–Trinajstić information content (AvgIpc) is 3.63. The molecule has 3 heterocycles. The summed E-state index contributed by atoms with van der Waals surface area (Å²) in [7, 11) is 0. The number of benzene rings is 5. The van der Waals surface area contributed by atoms with Gasteiger partial charge in [0, 0.05) is 22.7 Å². The molecule has 0 saturated heterocycles. The number of hydrogen-bond acceptors (Lipinski definition) is 4. The van der Waals surface area contributed by atoms with Crippen LogP contribution in [0.4, 0.5) is 22.7 Å². The molecule has 2 aromatic heterocycles. The molecule has 0 saturated carbocycles. The smallest absolute Gasteiger partial charge is 0.259 e. The Morgan fingerprint density at radius 2 is 1.26 bits per heavy atom. The topological polar surface area (TPSA) is 68.0 Å². The largest absolute Gasteiger partial charge is 0.320 e. The third-order valence-electron chi connectivity index (χ3n) is 7.60. The molecule has 1 amide bonds. The van der Waals surface area contributed by atoms with Crippen molar-refractivity contribution >= 4 is 39.7 Å². The zero-order chi connectivity index (χ0) is 28.0. The van der Waals surface area contributed by atoms with Gasteiger partial charge < -0.3 is 10.2 Å². The van der Waals surface area contributed by atoms with E-state index < -0.39 is 0 Å². The van der Waals surface area contributed by atoms with Crippen molar-refractivity contribution < 1.29 is 4.79 Å².